The minimum atomic E-state index is -0.465. The molecule has 0 unspecified atom stereocenters. The third-order valence-corrected chi connectivity index (χ3v) is 2.91. The molecule has 0 atom stereocenters. The monoisotopic (exact) mass is 291 g/mol. The maximum Gasteiger partial charge on any atom is 0.269 e. The fourth-order valence-corrected chi connectivity index (χ4v) is 1.75. The molecule has 0 saturated heterocycles. The largest absolute Gasteiger partial charge is 0.294 e. The predicted octanol–water partition coefficient (Wildman–Crippen LogP) is 3.62. The predicted molar refractivity (Wildman–Crippen MR) is 85.1 cm³/mol. The highest BCUT2D eigenvalue weighted by Gasteiger charge is 2.03. The fraction of sp³-hybridized carbons (Fsp3) is 0.0556. The number of ketones is 1. The minimum absolute atomic E-state index is 0.0113. The van der Waals surface area contributed by atoms with E-state index in [1.54, 1.807) is 18.2 Å². The molecule has 2 aromatic rings. The number of rotatable bonds is 3. The average molecular weight is 291 g/mol. The highest BCUT2D eigenvalue weighted by molar-refractivity contribution is 6.02. The molecule has 0 N–H and O–H groups in total. The zero-order valence-electron chi connectivity index (χ0n) is 11.9. The molecule has 0 radical (unpaired) electrons. The molecular formula is C18H13NO3. The van der Waals surface area contributed by atoms with Crippen molar-refractivity contribution in [1.82, 2.24) is 0 Å². The van der Waals surface area contributed by atoms with Crippen molar-refractivity contribution in [3.63, 3.8) is 0 Å². The summed E-state index contributed by atoms with van der Waals surface area (Å²) in [7, 11) is 0. The lowest BCUT2D eigenvalue weighted by Gasteiger charge is -1.96. The lowest BCUT2D eigenvalue weighted by molar-refractivity contribution is -0.384. The summed E-state index contributed by atoms with van der Waals surface area (Å²) >= 11 is 0. The number of nitro benzene ring substituents is 1. The van der Waals surface area contributed by atoms with E-state index in [0.717, 1.165) is 5.56 Å². The standard InChI is InChI=1S/C18H13NO3/c1-14(20)17(13-16-5-3-2-4-6-16)10-7-15-8-11-18(12-9-15)19(21)22/h2-6,8-9,11-13H,1H3/b17-13+. The maximum atomic E-state index is 11.7. The van der Waals surface area contributed by atoms with Crippen LogP contribution < -0.4 is 0 Å². The van der Waals surface area contributed by atoms with Crippen LogP contribution in [0.15, 0.2) is 60.2 Å². The van der Waals surface area contributed by atoms with E-state index in [4.69, 9.17) is 0 Å². The van der Waals surface area contributed by atoms with E-state index in [0.29, 0.717) is 11.1 Å². The number of carbonyl (C=O) groups is 1. The number of allylic oxidation sites excluding steroid dienone is 1. The van der Waals surface area contributed by atoms with Gasteiger partial charge < -0.3 is 0 Å². The van der Waals surface area contributed by atoms with E-state index in [1.165, 1.54) is 19.1 Å². The molecular weight excluding hydrogens is 278 g/mol. The van der Waals surface area contributed by atoms with Crippen molar-refractivity contribution in [3.8, 4) is 11.8 Å². The van der Waals surface area contributed by atoms with Gasteiger partial charge in [0.1, 0.15) is 0 Å². The van der Waals surface area contributed by atoms with Gasteiger partial charge in [0, 0.05) is 17.7 Å². The molecule has 108 valence electrons. The molecule has 0 aromatic heterocycles. The van der Waals surface area contributed by atoms with Crippen molar-refractivity contribution in [2.24, 2.45) is 0 Å². The number of benzene rings is 2. The van der Waals surface area contributed by atoms with Gasteiger partial charge in [0.2, 0.25) is 0 Å². The van der Waals surface area contributed by atoms with Crippen LogP contribution in [-0.4, -0.2) is 10.7 Å². The van der Waals surface area contributed by atoms with Crippen LogP contribution in [0.1, 0.15) is 18.1 Å². The molecule has 2 rings (SSSR count). The molecule has 22 heavy (non-hydrogen) atoms. The van der Waals surface area contributed by atoms with Gasteiger partial charge in [0.25, 0.3) is 5.69 Å². The van der Waals surface area contributed by atoms with Crippen molar-refractivity contribution >= 4 is 17.5 Å². The molecule has 0 amide bonds. The van der Waals surface area contributed by atoms with Crippen LogP contribution >= 0.6 is 0 Å². The van der Waals surface area contributed by atoms with E-state index in [2.05, 4.69) is 11.8 Å². The van der Waals surface area contributed by atoms with Gasteiger partial charge in [-0.05, 0) is 30.7 Å². The highest BCUT2D eigenvalue weighted by Crippen LogP contribution is 2.12. The molecule has 4 heteroatoms. The van der Waals surface area contributed by atoms with Gasteiger partial charge in [-0.1, -0.05) is 42.2 Å². The molecule has 0 aliphatic heterocycles. The van der Waals surface area contributed by atoms with Crippen molar-refractivity contribution in [2.45, 2.75) is 6.92 Å². The van der Waals surface area contributed by atoms with Gasteiger partial charge >= 0.3 is 0 Å². The number of Topliss-reactive ketones (excluding diaryl/α,β-unsaturated/α-hetero) is 1. The molecule has 0 aliphatic rings. The van der Waals surface area contributed by atoms with E-state index in [-0.39, 0.29) is 11.5 Å². The smallest absolute Gasteiger partial charge is 0.269 e. The Hall–Kier alpha value is -3.19. The number of hydrogen-bond donors (Lipinski definition) is 0. The molecule has 0 heterocycles. The number of non-ortho nitro benzene ring substituents is 1. The van der Waals surface area contributed by atoms with Gasteiger partial charge in [-0.25, -0.2) is 0 Å². The zero-order chi connectivity index (χ0) is 15.9. The van der Waals surface area contributed by atoms with Gasteiger partial charge in [-0.2, -0.15) is 0 Å². The summed E-state index contributed by atoms with van der Waals surface area (Å²) in [5.41, 5.74) is 1.92. The molecule has 0 bridgehead atoms. The third kappa shape index (κ3) is 4.15. The number of hydrogen-bond acceptors (Lipinski definition) is 3. The Balaban J connectivity index is 2.28. The Morgan fingerprint density at radius 2 is 1.73 bits per heavy atom. The van der Waals surface area contributed by atoms with Gasteiger partial charge in [-0.3, -0.25) is 14.9 Å². The summed E-state index contributed by atoms with van der Waals surface area (Å²) < 4.78 is 0. The second-order valence-corrected chi connectivity index (χ2v) is 4.58. The molecule has 4 nitrogen and oxygen atoms in total. The van der Waals surface area contributed by atoms with Crippen molar-refractivity contribution in [2.75, 3.05) is 0 Å². The van der Waals surface area contributed by atoms with Crippen LogP contribution in [0.2, 0.25) is 0 Å². The Kier molecular flexibility index (Phi) is 4.84. The Labute approximate surface area is 128 Å². The minimum Gasteiger partial charge on any atom is -0.294 e. The molecule has 2 aromatic carbocycles. The van der Waals surface area contributed by atoms with E-state index >= 15 is 0 Å². The zero-order valence-corrected chi connectivity index (χ0v) is 11.9. The molecule has 0 fully saturated rings. The highest BCUT2D eigenvalue weighted by atomic mass is 16.6. The Morgan fingerprint density at radius 3 is 2.27 bits per heavy atom. The van der Waals surface area contributed by atoms with Crippen molar-refractivity contribution in [1.29, 1.82) is 0 Å². The first-order valence-electron chi connectivity index (χ1n) is 6.60. The lowest BCUT2D eigenvalue weighted by atomic mass is 10.1. The van der Waals surface area contributed by atoms with Crippen molar-refractivity contribution < 1.29 is 9.72 Å². The second-order valence-electron chi connectivity index (χ2n) is 4.58. The first-order valence-corrected chi connectivity index (χ1v) is 6.60. The van der Waals surface area contributed by atoms with E-state index in [9.17, 15) is 14.9 Å². The van der Waals surface area contributed by atoms with Crippen molar-refractivity contribution in [3.05, 3.63) is 81.4 Å². The summed E-state index contributed by atoms with van der Waals surface area (Å²) in [4.78, 5) is 21.8. The van der Waals surface area contributed by atoms with Crippen LogP contribution in [-0.2, 0) is 4.79 Å². The molecule has 0 spiro atoms. The summed E-state index contributed by atoms with van der Waals surface area (Å²) in [6.07, 6.45) is 1.72. The summed E-state index contributed by atoms with van der Waals surface area (Å²) in [6, 6.07) is 15.3. The number of nitro groups is 1. The fourth-order valence-electron chi connectivity index (χ4n) is 1.75. The number of nitrogens with zero attached hydrogens (tertiary/aromatic N) is 1. The van der Waals surface area contributed by atoms with Gasteiger partial charge in [-0.15, -0.1) is 0 Å². The van der Waals surface area contributed by atoms with E-state index < -0.39 is 4.92 Å². The maximum absolute atomic E-state index is 11.7. The SMILES string of the molecule is CC(=O)/C(C#Cc1ccc([N+](=O)[O-])cc1)=C/c1ccccc1. The first-order chi connectivity index (χ1) is 10.6. The van der Waals surface area contributed by atoms with Crippen LogP contribution in [0.25, 0.3) is 6.08 Å². The summed E-state index contributed by atoms with van der Waals surface area (Å²) in [6.45, 7) is 1.46. The van der Waals surface area contributed by atoms with Crippen LogP contribution in [0.4, 0.5) is 5.69 Å². The Morgan fingerprint density at radius 1 is 1.09 bits per heavy atom. The summed E-state index contributed by atoms with van der Waals surface area (Å²) in [5.74, 6) is 5.55. The number of carbonyl (C=O) groups excluding carboxylic acids is 1. The first kappa shape index (κ1) is 15.2. The lowest BCUT2D eigenvalue weighted by Crippen LogP contribution is -1.93. The van der Waals surface area contributed by atoms with Crippen LogP contribution in [0.5, 0.6) is 0 Å². The quantitative estimate of drug-likeness (QED) is 0.375. The molecule has 0 aliphatic carbocycles. The summed E-state index contributed by atoms with van der Waals surface area (Å²) in [5, 5.41) is 10.6. The van der Waals surface area contributed by atoms with Gasteiger partial charge in [0.05, 0.1) is 10.5 Å². The topological polar surface area (TPSA) is 60.2 Å². The van der Waals surface area contributed by atoms with E-state index in [1.807, 2.05) is 30.3 Å². The molecule has 0 saturated carbocycles. The third-order valence-electron chi connectivity index (χ3n) is 2.91. The normalized spacial score (nSPS) is 10.5. The Bertz CT molecular complexity index is 779. The second kappa shape index (κ2) is 7.00. The van der Waals surface area contributed by atoms with Gasteiger partial charge in [0.15, 0.2) is 5.78 Å². The average Bonchev–Trinajstić information content (AvgIpc) is 2.52. The van der Waals surface area contributed by atoms with Crippen LogP contribution in [0.3, 0.4) is 0 Å². The van der Waals surface area contributed by atoms with Crippen LogP contribution in [0, 0.1) is 22.0 Å².